The van der Waals surface area contributed by atoms with E-state index in [1.165, 1.54) is 0 Å². The third-order valence-corrected chi connectivity index (χ3v) is 5.05. The summed E-state index contributed by atoms with van der Waals surface area (Å²) in [5.74, 6) is 2.03. The largest absolute Gasteiger partial charge is 0.438 e. The van der Waals surface area contributed by atoms with Crippen LogP contribution in [0.1, 0.15) is 61.6 Å². The number of nitrogens with two attached hydrogens (primary N) is 1. The minimum Gasteiger partial charge on any atom is -0.438 e. The number of hydrogen-bond acceptors (Lipinski definition) is 7. The van der Waals surface area contributed by atoms with Gasteiger partial charge in [-0.15, -0.1) is 0 Å². The van der Waals surface area contributed by atoms with Crippen molar-refractivity contribution in [3.8, 4) is 29.1 Å². The molecular formula is C22H24N6O2. The fraction of sp³-hybridized carbons (Fsp3) is 0.364. The summed E-state index contributed by atoms with van der Waals surface area (Å²) in [4.78, 5) is 8.73. The number of ether oxygens (including phenoxy) is 1. The molecule has 1 atom stereocenters. The van der Waals surface area contributed by atoms with Crippen molar-refractivity contribution in [2.45, 2.75) is 44.8 Å². The standard InChI is InChI=1S/C22H24N6O2/c1-13(2)28-21(8-18(27-28)15-4-5-15)30-20-7-14(9-23)3-6-17(20)22-25-11-16(12-26-22)19(29)10-24/h3,6-8,11-13,15,19,29H,4-5,10,24H2,1-2H3/t19-/m1/s1. The van der Waals surface area contributed by atoms with E-state index in [2.05, 4.69) is 16.0 Å². The van der Waals surface area contributed by atoms with Crippen molar-refractivity contribution < 1.29 is 9.84 Å². The van der Waals surface area contributed by atoms with E-state index in [0.717, 1.165) is 18.5 Å². The summed E-state index contributed by atoms with van der Waals surface area (Å²) in [5, 5.41) is 23.9. The summed E-state index contributed by atoms with van der Waals surface area (Å²) in [6.45, 7) is 4.19. The highest BCUT2D eigenvalue weighted by Crippen LogP contribution is 2.42. The molecule has 0 bridgehead atoms. The average Bonchev–Trinajstić information content (AvgIpc) is 3.53. The second-order valence-corrected chi connectivity index (χ2v) is 7.74. The first-order chi connectivity index (χ1) is 14.5. The molecule has 0 amide bonds. The van der Waals surface area contributed by atoms with Crippen molar-refractivity contribution in [2.24, 2.45) is 5.73 Å². The minimum atomic E-state index is -0.808. The predicted octanol–water partition coefficient (Wildman–Crippen LogP) is 3.45. The molecule has 1 fully saturated rings. The molecule has 0 spiro atoms. The van der Waals surface area contributed by atoms with Crippen LogP contribution in [0.5, 0.6) is 11.6 Å². The topological polar surface area (TPSA) is 123 Å². The van der Waals surface area contributed by atoms with E-state index in [4.69, 9.17) is 15.6 Å². The Bertz CT molecular complexity index is 1080. The van der Waals surface area contributed by atoms with Crippen molar-refractivity contribution in [1.29, 1.82) is 5.26 Å². The van der Waals surface area contributed by atoms with Crippen LogP contribution < -0.4 is 10.5 Å². The summed E-state index contributed by atoms with van der Waals surface area (Å²) in [5.41, 5.74) is 8.20. The number of aliphatic hydroxyl groups is 1. The Balaban J connectivity index is 1.72. The maximum atomic E-state index is 9.87. The van der Waals surface area contributed by atoms with Crippen LogP contribution in [0.4, 0.5) is 0 Å². The van der Waals surface area contributed by atoms with Gasteiger partial charge in [-0.2, -0.15) is 10.4 Å². The SMILES string of the molecule is CC(C)n1nc(C2CC2)cc1Oc1cc(C#N)ccc1-c1ncc([C@H](O)CN)cn1. The number of nitriles is 1. The van der Waals surface area contributed by atoms with Gasteiger partial charge in [-0.05, 0) is 44.9 Å². The van der Waals surface area contributed by atoms with Crippen molar-refractivity contribution >= 4 is 0 Å². The van der Waals surface area contributed by atoms with Crippen LogP contribution in [-0.2, 0) is 0 Å². The van der Waals surface area contributed by atoms with Crippen molar-refractivity contribution in [3.63, 3.8) is 0 Å². The van der Waals surface area contributed by atoms with E-state index in [-0.39, 0.29) is 12.6 Å². The second kappa shape index (κ2) is 8.22. The highest BCUT2D eigenvalue weighted by molar-refractivity contribution is 5.66. The highest BCUT2D eigenvalue weighted by atomic mass is 16.5. The molecule has 1 aliphatic carbocycles. The summed E-state index contributed by atoms with van der Waals surface area (Å²) in [7, 11) is 0. The van der Waals surface area contributed by atoms with Gasteiger partial charge in [0.1, 0.15) is 5.75 Å². The van der Waals surface area contributed by atoms with Crippen molar-refractivity contribution in [1.82, 2.24) is 19.7 Å². The molecule has 4 rings (SSSR count). The Morgan fingerprint density at radius 1 is 1.27 bits per heavy atom. The molecule has 3 N–H and O–H groups in total. The fourth-order valence-corrected chi connectivity index (χ4v) is 3.18. The lowest BCUT2D eigenvalue weighted by molar-refractivity contribution is 0.186. The zero-order valence-corrected chi connectivity index (χ0v) is 17.0. The van der Waals surface area contributed by atoms with Gasteiger partial charge in [0, 0.05) is 36.5 Å². The van der Waals surface area contributed by atoms with Gasteiger partial charge in [0.2, 0.25) is 5.88 Å². The van der Waals surface area contributed by atoms with Crippen LogP contribution in [-0.4, -0.2) is 31.4 Å². The normalized spacial score (nSPS) is 14.5. The Morgan fingerprint density at radius 3 is 2.60 bits per heavy atom. The van der Waals surface area contributed by atoms with Crippen LogP contribution in [0.15, 0.2) is 36.7 Å². The third kappa shape index (κ3) is 4.03. The molecule has 0 saturated heterocycles. The number of aliphatic hydroxyl groups excluding tert-OH is 1. The molecule has 2 aromatic heterocycles. The van der Waals surface area contributed by atoms with Gasteiger partial charge in [-0.25, -0.2) is 14.6 Å². The Hall–Kier alpha value is -3.28. The molecular weight excluding hydrogens is 380 g/mol. The fourth-order valence-electron chi connectivity index (χ4n) is 3.18. The van der Waals surface area contributed by atoms with Crippen LogP contribution in [0.2, 0.25) is 0 Å². The zero-order chi connectivity index (χ0) is 21.3. The third-order valence-electron chi connectivity index (χ3n) is 5.05. The molecule has 1 saturated carbocycles. The van der Waals surface area contributed by atoms with E-state index in [1.807, 2.05) is 24.6 Å². The highest BCUT2D eigenvalue weighted by Gasteiger charge is 2.28. The second-order valence-electron chi connectivity index (χ2n) is 7.74. The predicted molar refractivity (Wildman–Crippen MR) is 111 cm³/mol. The van der Waals surface area contributed by atoms with E-state index in [9.17, 15) is 10.4 Å². The first-order valence-electron chi connectivity index (χ1n) is 10.0. The minimum absolute atomic E-state index is 0.0937. The average molecular weight is 404 g/mol. The zero-order valence-electron chi connectivity index (χ0n) is 17.0. The summed E-state index contributed by atoms with van der Waals surface area (Å²) >= 11 is 0. The van der Waals surface area contributed by atoms with Gasteiger partial charge in [-0.3, -0.25) is 0 Å². The quantitative estimate of drug-likeness (QED) is 0.618. The van der Waals surface area contributed by atoms with Gasteiger partial charge in [0.15, 0.2) is 5.82 Å². The Labute approximate surface area is 175 Å². The van der Waals surface area contributed by atoms with Gasteiger partial charge >= 0.3 is 0 Å². The molecule has 8 nitrogen and oxygen atoms in total. The maximum absolute atomic E-state index is 9.87. The lowest BCUT2D eigenvalue weighted by Crippen LogP contribution is -2.12. The number of nitrogens with zero attached hydrogens (tertiary/aromatic N) is 5. The molecule has 0 unspecified atom stereocenters. The smallest absolute Gasteiger partial charge is 0.218 e. The number of benzene rings is 1. The molecule has 0 radical (unpaired) electrons. The summed E-state index contributed by atoms with van der Waals surface area (Å²) in [6, 6.07) is 9.38. The van der Waals surface area contributed by atoms with Crippen LogP contribution in [0.3, 0.4) is 0 Å². The van der Waals surface area contributed by atoms with Crippen LogP contribution in [0, 0.1) is 11.3 Å². The van der Waals surface area contributed by atoms with E-state index < -0.39 is 6.10 Å². The first-order valence-corrected chi connectivity index (χ1v) is 10.0. The molecule has 1 aliphatic rings. The van der Waals surface area contributed by atoms with Crippen LogP contribution >= 0.6 is 0 Å². The van der Waals surface area contributed by atoms with E-state index in [0.29, 0.717) is 40.1 Å². The van der Waals surface area contributed by atoms with Crippen molar-refractivity contribution in [2.75, 3.05) is 6.54 Å². The molecule has 3 aromatic rings. The number of hydrogen-bond donors (Lipinski definition) is 2. The Kier molecular flexibility index (Phi) is 5.48. The number of rotatable bonds is 7. The first kappa shape index (κ1) is 20.0. The number of aromatic nitrogens is 4. The van der Waals surface area contributed by atoms with Gasteiger partial charge < -0.3 is 15.6 Å². The molecule has 154 valence electrons. The molecule has 1 aromatic carbocycles. The lowest BCUT2D eigenvalue weighted by atomic mass is 10.1. The summed E-state index contributed by atoms with van der Waals surface area (Å²) < 4.78 is 8.12. The molecule has 8 heteroatoms. The van der Waals surface area contributed by atoms with E-state index in [1.54, 1.807) is 30.6 Å². The monoisotopic (exact) mass is 404 g/mol. The molecule has 0 aliphatic heterocycles. The van der Waals surface area contributed by atoms with Gasteiger partial charge in [-0.1, -0.05) is 0 Å². The van der Waals surface area contributed by atoms with Crippen LogP contribution in [0.25, 0.3) is 11.4 Å². The summed E-state index contributed by atoms with van der Waals surface area (Å²) in [6.07, 6.45) is 4.59. The lowest BCUT2D eigenvalue weighted by Gasteiger charge is -2.14. The van der Waals surface area contributed by atoms with Gasteiger partial charge in [0.05, 0.1) is 35.0 Å². The Morgan fingerprint density at radius 2 is 2.00 bits per heavy atom. The van der Waals surface area contributed by atoms with Gasteiger partial charge in [0.25, 0.3) is 0 Å². The van der Waals surface area contributed by atoms with Crippen molar-refractivity contribution in [3.05, 3.63) is 53.5 Å². The maximum Gasteiger partial charge on any atom is 0.218 e. The van der Waals surface area contributed by atoms with E-state index >= 15 is 0 Å². The molecule has 2 heterocycles. The molecule has 30 heavy (non-hydrogen) atoms.